The number of rotatable bonds is 2. The zero-order chi connectivity index (χ0) is 12.5. The molecule has 5 nitrogen and oxygen atoms in total. The molecule has 0 aliphatic carbocycles. The van der Waals surface area contributed by atoms with Crippen molar-refractivity contribution in [2.75, 3.05) is 5.32 Å². The molecular weight excluding hydrogens is 250 g/mol. The molecule has 3 aromatic rings. The van der Waals surface area contributed by atoms with E-state index in [0.29, 0.717) is 22.5 Å². The van der Waals surface area contributed by atoms with Crippen molar-refractivity contribution in [3.05, 3.63) is 41.3 Å². The van der Waals surface area contributed by atoms with Crippen LogP contribution in [0.4, 0.5) is 11.6 Å². The fourth-order valence-electron chi connectivity index (χ4n) is 1.71. The molecule has 90 valence electrons. The van der Waals surface area contributed by atoms with Crippen LogP contribution in [-0.2, 0) is 0 Å². The Bertz CT molecular complexity index is 707. The molecule has 0 amide bonds. The van der Waals surface area contributed by atoms with Crippen molar-refractivity contribution in [1.82, 2.24) is 20.2 Å². The van der Waals surface area contributed by atoms with E-state index < -0.39 is 0 Å². The summed E-state index contributed by atoms with van der Waals surface area (Å²) in [6.07, 6.45) is 1.57. The molecule has 2 N–H and O–H groups in total. The van der Waals surface area contributed by atoms with Gasteiger partial charge in [-0.3, -0.25) is 5.10 Å². The number of nitrogens with zero attached hydrogens (tertiary/aromatic N) is 3. The summed E-state index contributed by atoms with van der Waals surface area (Å²) >= 11 is 6.04. The van der Waals surface area contributed by atoms with Crippen molar-refractivity contribution >= 4 is 34.1 Å². The summed E-state index contributed by atoms with van der Waals surface area (Å²) in [7, 11) is 0. The molecule has 0 saturated carbocycles. The van der Waals surface area contributed by atoms with Crippen molar-refractivity contribution < 1.29 is 0 Å². The number of fused-ring (bicyclic) bond motifs is 1. The van der Waals surface area contributed by atoms with Gasteiger partial charge < -0.3 is 5.32 Å². The lowest BCUT2D eigenvalue weighted by molar-refractivity contribution is 1.05. The molecule has 0 unspecified atom stereocenters. The Morgan fingerprint density at radius 3 is 2.94 bits per heavy atom. The second-order valence-electron chi connectivity index (χ2n) is 3.86. The van der Waals surface area contributed by atoms with Crippen LogP contribution < -0.4 is 5.32 Å². The van der Waals surface area contributed by atoms with Crippen LogP contribution in [-0.4, -0.2) is 20.2 Å². The van der Waals surface area contributed by atoms with E-state index in [1.165, 1.54) is 0 Å². The first-order chi connectivity index (χ1) is 8.74. The number of benzene rings is 1. The highest BCUT2D eigenvalue weighted by molar-refractivity contribution is 6.32. The second-order valence-corrected chi connectivity index (χ2v) is 4.26. The number of nitrogens with one attached hydrogen (secondary N) is 2. The molecule has 1 aromatic carbocycles. The Morgan fingerprint density at radius 2 is 2.06 bits per heavy atom. The number of aryl methyl sites for hydroxylation is 1. The molecule has 0 spiro atoms. The number of halogens is 1. The molecule has 2 aromatic heterocycles. The number of hydrogen-bond donors (Lipinski definition) is 2. The van der Waals surface area contributed by atoms with Crippen LogP contribution in [0.25, 0.3) is 10.9 Å². The quantitative estimate of drug-likeness (QED) is 0.742. The molecule has 0 atom stereocenters. The van der Waals surface area contributed by atoms with Gasteiger partial charge in [-0.15, -0.1) is 0 Å². The predicted molar refractivity (Wildman–Crippen MR) is 71.2 cm³/mol. The normalized spacial score (nSPS) is 10.8. The Labute approximate surface area is 108 Å². The van der Waals surface area contributed by atoms with Crippen molar-refractivity contribution in [3.63, 3.8) is 0 Å². The lowest BCUT2D eigenvalue weighted by Gasteiger charge is -2.05. The van der Waals surface area contributed by atoms with Gasteiger partial charge in [0.25, 0.3) is 0 Å². The fraction of sp³-hybridized carbons (Fsp3) is 0.0833. The van der Waals surface area contributed by atoms with E-state index in [-0.39, 0.29) is 0 Å². The number of H-pyrrole nitrogens is 1. The average Bonchev–Trinajstić information content (AvgIpc) is 2.78. The van der Waals surface area contributed by atoms with E-state index in [1.807, 2.05) is 31.2 Å². The average molecular weight is 260 g/mol. The highest BCUT2D eigenvalue weighted by Gasteiger charge is 2.08. The van der Waals surface area contributed by atoms with Crippen LogP contribution >= 0.6 is 11.6 Å². The molecule has 0 aliphatic rings. The number of aromatic amines is 1. The maximum atomic E-state index is 6.04. The number of aromatic nitrogens is 4. The van der Waals surface area contributed by atoms with Gasteiger partial charge in [-0.05, 0) is 19.1 Å². The SMILES string of the molecule is Cc1ncc(Cl)c(Nc2n[nH]c3ccccc23)n1. The highest BCUT2D eigenvalue weighted by Crippen LogP contribution is 2.26. The van der Waals surface area contributed by atoms with Gasteiger partial charge >= 0.3 is 0 Å². The topological polar surface area (TPSA) is 66.5 Å². The summed E-state index contributed by atoms with van der Waals surface area (Å²) in [5.41, 5.74) is 0.960. The third-order valence-electron chi connectivity index (χ3n) is 2.57. The van der Waals surface area contributed by atoms with Gasteiger partial charge in [-0.1, -0.05) is 23.7 Å². The molecule has 0 aliphatic heterocycles. The molecule has 18 heavy (non-hydrogen) atoms. The monoisotopic (exact) mass is 259 g/mol. The summed E-state index contributed by atoms with van der Waals surface area (Å²) in [5, 5.41) is 11.7. The van der Waals surface area contributed by atoms with Gasteiger partial charge in [0.05, 0.1) is 11.7 Å². The van der Waals surface area contributed by atoms with Crippen LogP contribution in [0.5, 0.6) is 0 Å². The Kier molecular flexibility index (Phi) is 2.60. The van der Waals surface area contributed by atoms with Crippen LogP contribution in [0.3, 0.4) is 0 Å². The first kappa shape index (κ1) is 11.0. The molecule has 0 bridgehead atoms. The lowest BCUT2D eigenvalue weighted by Crippen LogP contribution is -1.98. The third-order valence-corrected chi connectivity index (χ3v) is 2.85. The minimum atomic E-state index is 0.465. The van der Waals surface area contributed by atoms with E-state index in [0.717, 1.165) is 10.9 Å². The molecule has 0 fully saturated rings. The van der Waals surface area contributed by atoms with Gasteiger partial charge in [0, 0.05) is 5.39 Å². The van der Waals surface area contributed by atoms with Crippen molar-refractivity contribution in [3.8, 4) is 0 Å². The smallest absolute Gasteiger partial charge is 0.161 e. The third kappa shape index (κ3) is 1.89. The largest absolute Gasteiger partial charge is 0.322 e. The molecule has 0 radical (unpaired) electrons. The summed E-state index contributed by atoms with van der Waals surface area (Å²) < 4.78 is 0. The summed E-state index contributed by atoms with van der Waals surface area (Å²) in [6, 6.07) is 7.84. The van der Waals surface area contributed by atoms with Crippen LogP contribution in [0.2, 0.25) is 5.02 Å². The Morgan fingerprint density at radius 1 is 1.22 bits per heavy atom. The van der Waals surface area contributed by atoms with E-state index in [4.69, 9.17) is 11.6 Å². The molecule has 3 rings (SSSR count). The van der Waals surface area contributed by atoms with Crippen molar-refractivity contribution in [1.29, 1.82) is 0 Å². The fourth-order valence-corrected chi connectivity index (χ4v) is 1.85. The van der Waals surface area contributed by atoms with Gasteiger partial charge in [-0.2, -0.15) is 5.10 Å². The van der Waals surface area contributed by atoms with Gasteiger partial charge in [0.15, 0.2) is 11.6 Å². The van der Waals surface area contributed by atoms with E-state index >= 15 is 0 Å². The van der Waals surface area contributed by atoms with E-state index in [1.54, 1.807) is 6.20 Å². The second kappa shape index (κ2) is 4.27. The molecule has 2 heterocycles. The summed E-state index contributed by atoms with van der Waals surface area (Å²) in [6.45, 7) is 1.81. The number of hydrogen-bond acceptors (Lipinski definition) is 4. The van der Waals surface area contributed by atoms with Gasteiger partial charge in [0.1, 0.15) is 10.8 Å². The van der Waals surface area contributed by atoms with Crippen LogP contribution in [0.1, 0.15) is 5.82 Å². The number of anilines is 2. The van der Waals surface area contributed by atoms with E-state index in [2.05, 4.69) is 25.5 Å². The molecular formula is C12H10ClN5. The summed E-state index contributed by atoms with van der Waals surface area (Å²) in [5.74, 6) is 1.91. The number of para-hydroxylation sites is 1. The molecule has 0 saturated heterocycles. The minimum absolute atomic E-state index is 0.465. The van der Waals surface area contributed by atoms with E-state index in [9.17, 15) is 0 Å². The Balaban J connectivity index is 2.04. The Hall–Kier alpha value is -2.14. The minimum Gasteiger partial charge on any atom is -0.322 e. The maximum Gasteiger partial charge on any atom is 0.161 e. The highest BCUT2D eigenvalue weighted by atomic mass is 35.5. The van der Waals surface area contributed by atoms with Gasteiger partial charge in [0.2, 0.25) is 0 Å². The van der Waals surface area contributed by atoms with Crippen LogP contribution in [0.15, 0.2) is 30.5 Å². The zero-order valence-corrected chi connectivity index (χ0v) is 10.4. The first-order valence-corrected chi connectivity index (χ1v) is 5.81. The van der Waals surface area contributed by atoms with Crippen molar-refractivity contribution in [2.24, 2.45) is 0 Å². The standard InChI is InChI=1S/C12H10ClN5/c1-7-14-6-9(13)12(15-7)16-11-8-4-2-3-5-10(8)17-18-11/h2-6H,1H3,(H2,14,15,16,17,18). The summed E-state index contributed by atoms with van der Waals surface area (Å²) in [4.78, 5) is 8.27. The van der Waals surface area contributed by atoms with Gasteiger partial charge in [-0.25, -0.2) is 9.97 Å². The maximum absolute atomic E-state index is 6.04. The first-order valence-electron chi connectivity index (χ1n) is 5.43. The molecule has 6 heteroatoms. The predicted octanol–water partition coefficient (Wildman–Crippen LogP) is 3.06. The van der Waals surface area contributed by atoms with Crippen LogP contribution in [0, 0.1) is 6.92 Å². The zero-order valence-electron chi connectivity index (χ0n) is 9.61. The lowest BCUT2D eigenvalue weighted by atomic mass is 10.2. The van der Waals surface area contributed by atoms with Crippen molar-refractivity contribution in [2.45, 2.75) is 6.92 Å².